The van der Waals surface area contributed by atoms with Crippen molar-refractivity contribution in [2.45, 2.75) is 13.0 Å². The Kier molecular flexibility index (Phi) is 6.02. The molecule has 0 aliphatic carbocycles. The van der Waals surface area contributed by atoms with E-state index in [1.165, 1.54) is 18.3 Å². The fraction of sp³-hybridized carbons (Fsp3) is 0.158. The average molecular weight is 337 g/mol. The lowest BCUT2D eigenvalue weighted by Crippen LogP contribution is -2.28. The molecule has 0 bridgehead atoms. The predicted molar refractivity (Wildman–Crippen MR) is 95.0 cm³/mol. The van der Waals surface area contributed by atoms with Crippen molar-refractivity contribution in [2.75, 3.05) is 12.4 Å². The van der Waals surface area contributed by atoms with Crippen molar-refractivity contribution in [3.63, 3.8) is 0 Å². The van der Waals surface area contributed by atoms with Crippen molar-refractivity contribution in [1.29, 1.82) is 5.26 Å². The van der Waals surface area contributed by atoms with Crippen molar-refractivity contribution in [3.8, 4) is 17.6 Å². The first kappa shape index (κ1) is 17.9. The Labute approximate surface area is 146 Å². The molecule has 2 aromatic carbocycles. The number of rotatable bonds is 6. The van der Waals surface area contributed by atoms with Gasteiger partial charge in [-0.3, -0.25) is 4.79 Å². The highest BCUT2D eigenvalue weighted by molar-refractivity contribution is 5.97. The van der Waals surface area contributed by atoms with E-state index < -0.39 is 5.91 Å². The monoisotopic (exact) mass is 337 g/mol. The van der Waals surface area contributed by atoms with Crippen LogP contribution in [0.4, 0.5) is 5.69 Å². The summed E-state index contributed by atoms with van der Waals surface area (Å²) in [4.78, 5) is 12.3. The minimum atomic E-state index is -0.488. The summed E-state index contributed by atoms with van der Waals surface area (Å²) in [5.41, 5.74) is 1.40. The molecule has 0 fully saturated rings. The maximum absolute atomic E-state index is 12.3. The number of phenolic OH excluding ortho intramolecular Hbond substituents is 1. The van der Waals surface area contributed by atoms with Gasteiger partial charge in [0.25, 0.3) is 5.91 Å². The zero-order valence-electron chi connectivity index (χ0n) is 14.0. The summed E-state index contributed by atoms with van der Waals surface area (Å²) in [7, 11) is 1.59. The Bertz CT molecular complexity index is 807. The van der Waals surface area contributed by atoms with Crippen LogP contribution < -0.4 is 15.4 Å². The average Bonchev–Trinajstić information content (AvgIpc) is 2.62. The second-order valence-electron chi connectivity index (χ2n) is 5.33. The van der Waals surface area contributed by atoms with E-state index in [0.717, 1.165) is 11.3 Å². The number of carbonyl (C=O) groups is 1. The van der Waals surface area contributed by atoms with Gasteiger partial charge in [0.2, 0.25) is 0 Å². The number of phenols is 1. The van der Waals surface area contributed by atoms with Gasteiger partial charge in [0, 0.05) is 18.0 Å². The molecule has 0 saturated heterocycles. The van der Waals surface area contributed by atoms with Gasteiger partial charge in [-0.1, -0.05) is 18.2 Å². The quantitative estimate of drug-likeness (QED) is 0.556. The van der Waals surface area contributed by atoms with E-state index in [1.807, 2.05) is 37.3 Å². The van der Waals surface area contributed by atoms with Crippen LogP contribution in [-0.4, -0.2) is 18.1 Å². The summed E-state index contributed by atoms with van der Waals surface area (Å²) in [6, 6.07) is 15.3. The SMILES string of the molecule is COc1ccc(C(C)NC(=O)/C(C#N)=C\Nc2cccc(O)c2)cc1. The largest absolute Gasteiger partial charge is 0.508 e. The van der Waals surface area contributed by atoms with E-state index >= 15 is 0 Å². The van der Waals surface area contributed by atoms with Crippen LogP contribution in [0.5, 0.6) is 11.5 Å². The first-order chi connectivity index (χ1) is 12.0. The van der Waals surface area contributed by atoms with Gasteiger partial charge in [-0.05, 0) is 36.8 Å². The van der Waals surface area contributed by atoms with Gasteiger partial charge in [0.1, 0.15) is 23.1 Å². The Morgan fingerprint density at radius 2 is 2.00 bits per heavy atom. The van der Waals surface area contributed by atoms with Gasteiger partial charge in [0.05, 0.1) is 13.2 Å². The summed E-state index contributed by atoms with van der Waals surface area (Å²) in [6.07, 6.45) is 1.31. The third-order valence-corrected chi connectivity index (χ3v) is 3.56. The van der Waals surface area contributed by atoms with E-state index in [2.05, 4.69) is 10.6 Å². The topological polar surface area (TPSA) is 94.4 Å². The number of amides is 1. The molecule has 0 aliphatic heterocycles. The van der Waals surface area contributed by atoms with Crippen molar-refractivity contribution in [1.82, 2.24) is 5.32 Å². The molecule has 6 heteroatoms. The zero-order valence-corrected chi connectivity index (χ0v) is 14.0. The molecular formula is C19H19N3O3. The van der Waals surface area contributed by atoms with Crippen molar-refractivity contribution in [3.05, 3.63) is 65.9 Å². The smallest absolute Gasteiger partial charge is 0.263 e. The molecule has 0 radical (unpaired) electrons. The van der Waals surface area contributed by atoms with Gasteiger partial charge in [-0.2, -0.15) is 5.26 Å². The summed E-state index contributed by atoms with van der Waals surface area (Å²) in [5.74, 6) is 0.336. The van der Waals surface area contributed by atoms with Crippen LogP contribution in [-0.2, 0) is 4.79 Å². The van der Waals surface area contributed by atoms with Crippen LogP contribution >= 0.6 is 0 Å². The minimum absolute atomic E-state index is 0.0660. The molecule has 0 aliphatic rings. The predicted octanol–water partition coefficient (Wildman–Crippen LogP) is 3.10. The molecule has 1 unspecified atom stereocenters. The van der Waals surface area contributed by atoms with Gasteiger partial charge in [-0.15, -0.1) is 0 Å². The van der Waals surface area contributed by atoms with Crippen LogP contribution in [0, 0.1) is 11.3 Å². The zero-order chi connectivity index (χ0) is 18.2. The third-order valence-electron chi connectivity index (χ3n) is 3.56. The van der Waals surface area contributed by atoms with Crippen LogP contribution in [0.25, 0.3) is 0 Å². The Balaban J connectivity index is 2.03. The second kappa shape index (κ2) is 8.41. The molecule has 0 aromatic heterocycles. The Morgan fingerprint density at radius 3 is 2.60 bits per heavy atom. The normalized spacial score (nSPS) is 12.0. The summed E-state index contributed by atoms with van der Waals surface area (Å²) < 4.78 is 5.10. The molecule has 25 heavy (non-hydrogen) atoms. The lowest BCUT2D eigenvalue weighted by Gasteiger charge is -2.14. The first-order valence-electron chi connectivity index (χ1n) is 7.64. The van der Waals surface area contributed by atoms with Gasteiger partial charge >= 0.3 is 0 Å². The molecule has 1 atom stereocenters. The minimum Gasteiger partial charge on any atom is -0.508 e. The molecule has 3 N–H and O–H groups in total. The summed E-state index contributed by atoms with van der Waals surface area (Å²) in [5, 5.41) is 24.2. The number of hydrogen-bond donors (Lipinski definition) is 3. The molecule has 2 aromatic rings. The van der Waals surface area contributed by atoms with Crippen molar-refractivity contribution in [2.24, 2.45) is 0 Å². The van der Waals surface area contributed by atoms with E-state index in [1.54, 1.807) is 19.2 Å². The number of carbonyl (C=O) groups excluding carboxylic acids is 1. The van der Waals surface area contributed by atoms with Crippen LogP contribution in [0.3, 0.4) is 0 Å². The van der Waals surface area contributed by atoms with Crippen molar-refractivity contribution >= 4 is 11.6 Å². The fourth-order valence-electron chi connectivity index (χ4n) is 2.15. The highest BCUT2D eigenvalue weighted by atomic mass is 16.5. The molecular weight excluding hydrogens is 318 g/mol. The second-order valence-corrected chi connectivity index (χ2v) is 5.33. The van der Waals surface area contributed by atoms with E-state index in [9.17, 15) is 15.2 Å². The summed E-state index contributed by atoms with van der Waals surface area (Å²) in [6.45, 7) is 1.83. The highest BCUT2D eigenvalue weighted by Crippen LogP contribution is 2.18. The number of anilines is 1. The standard InChI is InChI=1S/C19H19N3O3/c1-13(14-6-8-18(25-2)9-7-14)22-19(24)15(11-20)12-21-16-4-3-5-17(23)10-16/h3-10,12-13,21,23H,1-2H3,(H,22,24)/b15-12-. The number of nitrogens with zero attached hydrogens (tertiary/aromatic N) is 1. The number of aromatic hydroxyl groups is 1. The maximum atomic E-state index is 12.3. The lowest BCUT2D eigenvalue weighted by molar-refractivity contribution is -0.117. The lowest BCUT2D eigenvalue weighted by atomic mass is 10.1. The number of nitrogens with one attached hydrogen (secondary N) is 2. The van der Waals surface area contributed by atoms with Gasteiger partial charge in [0.15, 0.2) is 0 Å². The van der Waals surface area contributed by atoms with Crippen LogP contribution in [0.2, 0.25) is 0 Å². The molecule has 0 spiro atoms. The molecule has 2 rings (SSSR count). The Hall–Kier alpha value is -3.46. The molecule has 1 amide bonds. The van der Waals surface area contributed by atoms with Crippen LogP contribution in [0.1, 0.15) is 18.5 Å². The van der Waals surface area contributed by atoms with E-state index in [4.69, 9.17) is 4.74 Å². The van der Waals surface area contributed by atoms with E-state index in [0.29, 0.717) is 5.69 Å². The van der Waals surface area contributed by atoms with Crippen LogP contribution in [0.15, 0.2) is 60.3 Å². The number of hydrogen-bond acceptors (Lipinski definition) is 5. The molecule has 128 valence electrons. The van der Waals surface area contributed by atoms with Gasteiger partial charge < -0.3 is 20.5 Å². The fourth-order valence-corrected chi connectivity index (χ4v) is 2.15. The Morgan fingerprint density at radius 1 is 1.28 bits per heavy atom. The van der Waals surface area contributed by atoms with E-state index in [-0.39, 0.29) is 17.4 Å². The molecule has 6 nitrogen and oxygen atoms in total. The maximum Gasteiger partial charge on any atom is 0.263 e. The number of nitriles is 1. The number of benzene rings is 2. The summed E-state index contributed by atoms with van der Waals surface area (Å²) >= 11 is 0. The third kappa shape index (κ3) is 5.01. The number of methoxy groups -OCH3 is 1. The first-order valence-corrected chi connectivity index (χ1v) is 7.64. The molecule has 0 saturated carbocycles. The highest BCUT2D eigenvalue weighted by Gasteiger charge is 2.13. The number of ether oxygens (including phenoxy) is 1. The van der Waals surface area contributed by atoms with Crippen molar-refractivity contribution < 1.29 is 14.6 Å². The van der Waals surface area contributed by atoms with Gasteiger partial charge in [-0.25, -0.2) is 0 Å². The molecule has 0 heterocycles.